The number of hydrogen-bond donors (Lipinski definition) is 2. The normalized spacial score (nSPS) is 17.3. The Labute approximate surface area is 92.4 Å². The molecule has 1 rings (SSSR count). The molecule has 4 nitrogen and oxygen atoms in total. The molecule has 0 aromatic heterocycles. The van der Waals surface area contributed by atoms with Gasteiger partial charge in [0.05, 0.1) is 6.54 Å². The lowest BCUT2D eigenvalue weighted by molar-refractivity contribution is -0.120. The van der Waals surface area contributed by atoms with Crippen LogP contribution in [0.2, 0.25) is 0 Å². The van der Waals surface area contributed by atoms with Gasteiger partial charge in [-0.05, 0) is 39.8 Å². The Bertz CT molecular complexity index is 188. The van der Waals surface area contributed by atoms with Gasteiger partial charge in [-0.1, -0.05) is 0 Å². The van der Waals surface area contributed by atoms with Crippen molar-refractivity contribution in [2.75, 3.05) is 32.7 Å². The van der Waals surface area contributed by atoms with E-state index in [1.54, 1.807) is 0 Å². The molecule has 15 heavy (non-hydrogen) atoms. The van der Waals surface area contributed by atoms with Gasteiger partial charge in [0.25, 0.3) is 0 Å². The summed E-state index contributed by atoms with van der Waals surface area (Å²) < 4.78 is 0. The maximum atomic E-state index is 11.3. The fraction of sp³-hybridized carbons (Fsp3) is 0.909. The SMILES string of the molecule is CC(C)NC(=O)CNCCN1CCCC1. The van der Waals surface area contributed by atoms with E-state index < -0.39 is 0 Å². The van der Waals surface area contributed by atoms with Gasteiger partial charge >= 0.3 is 0 Å². The van der Waals surface area contributed by atoms with E-state index in [0.717, 1.165) is 13.1 Å². The lowest BCUT2D eigenvalue weighted by atomic mass is 10.4. The third-order valence-corrected chi connectivity index (χ3v) is 2.54. The minimum Gasteiger partial charge on any atom is -0.353 e. The van der Waals surface area contributed by atoms with Crippen LogP contribution in [-0.2, 0) is 4.79 Å². The highest BCUT2D eigenvalue weighted by molar-refractivity contribution is 5.78. The van der Waals surface area contributed by atoms with E-state index in [1.807, 2.05) is 13.8 Å². The summed E-state index contributed by atoms with van der Waals surface area (Å²) in [5.74, 6) is 0.0893. The highest BCUT2D eigenvalue weighted by Gasteiger charge is 2.10. The molecular weight excluding hydrogens is 190 g/mol. The highest BCUT2D eigenvalue weighted by Crippen LogP contribution is 2.05. The van der Waals surface area contributed by atoms with Gasteiger partial charge in [0, 0.05) is 19.1 Å². The molecule has 0 atom stereocenters. The van der Waals surface area contributed by atoms with Gasteiger partial charge in [0.15, 0.2) is 0 Å². The Kier molecular flexibility index (Phi) is 5.65. The molecule has 1 saturated heterocycles. The number of carbonyl (C=O) groups is 1. The number of rotatable bonds is 6. The molecule has 0 bridgehead atoms. The van der Waals surface area contributed by atoms with Crippen molar-refractivity contribution in [3.8, 4) is 0 Å². The van der Waals surface area contributed by atoms with E-state index in [4.69, 9.17) is 0 Å². The lowest BCUT2D eigenvalue weighted by Gasteiger charge is -2.15. The summed E-state index contributed by atoms with van der Waals surface area (Å²) in [7, 11) is 0. The zero-order chi connectivity index (χ0) is 11.1. The quantitative estimate of drug-likeness (QED) is 0.619. The number of amides is 1. The third-order valence-electron chi connectivity index (χ3n) is 2.54. The average molecular weight is 213 g/mol. The summed E-state index contributed by atoms with van der Waals surface area (Å²) in [6.07, 6.45) is 2.65. The van der Waals surface area contributed by atoms with Crippen LogP contribution in [0.15, 0.2) is 0 Å². The van der Waals surface area contributed by atoms with E-state index in [0.29, 0.717) is 6.54 Å². The second-order valence-corrected chi connectivity index (χ2v) is 4.45. The first-order chi connectivity index (χ1) is 7.18. The summed E-state index contributed by atoms with van der Waals surface area (Å²) in [6, 6.07) is 0.234. The van der Waals surface area contributed by atoms with Crippen LogP contribution in [0, 0.1) is 0 Å². The van der Waals surface area contributed by atoms with Crippen molar-refractivity contribution >= 4 is 5.91 Å². The Morgan fingerprint density at radius 3 is 2.60 bits per heavy atom. The molecule has 1 amide bonds. The Morgan fingerprint density at radius 1 is 1.33 bits per heavy atom. The standard InChI is InChI=1S/C11H23N3O/c1-10(2)13-11(15)9-12-5-8-14-6-3-4-7-14/h10,12H,3-9H2,1-2H3,(H,13,15). The van der Waals surface area contributed by atoms with Crippen LogP contribution >= 0.6 is 0 Å². The van der Waals surface area contributed by atoms with Crippen LogP contribution in [0.1, 0.15) is 26.7 Å². The smallest absolute Gasteiger partial charge is 0.234 e. The van der Waals surface area contributed by atoms with Gasteiger partial charge < -0.3 is 15.5 Å². The van der Waals surface area contributed by atoms with Gasteiger partial charge in [-0.3, -0.25) is 4.79 Å². The summed E-state index contributed by atoms with van der Waals surface area (Å²) in [5.41, 5.74) is 0. The largest absolute Gasteiger partial charge is 0.353 e. The van der Waals surface area contributed by atoms with E-state index in [9.17, 15) is 4.79 Å². The first kappa shape index (κ1) is 12.5. The van der Waals surface area contributed by atoms with Crippen LogP contribution in [0.4, 0.5) is 0 Å². The van der Waals surface area contributed by atoms with Gasteiger partial charge in [0.1, 0.15) is 0 Å². The fourth-order valence-electron chi connectivity index (χ4n) is 1.82. The van der Waals surface area contributed by atoms with E-state index in [1.165, 1.54) is 25.9 Å². The highest BCUT2D eigenvalue weighted by atomic mass is 16.1. The maximum Gasteiger partial charge on any atom is 0.234 e. The lowest BCUT2D eigenvalue weighted by Crippen LogP contribution is -2.40. The molecule has 1 aliphatic heterocycles. The summed E-state index contributed by atoms with van der Waals surface area (Å²) in [6.45, 7) is 8.80. The number of nitrogens with one attached hydrogen (secondary N) is 2. The molecule has 0 radical (unpaired) electrons. The van der Waals surface area contributed by atoms with Crippen molar-refractivity contribution in [1.82, 2.24) is 15.5 Å². The Hall–Kier alpha value is -0.610. The fourth-order valence-corrected chi connectivity index (χ4v) is 1.82. The van der Waals surface area contributed by atoms with E-state index in [2.05, 4.69) is 15.5 Å². The number of likely N-dealkylation sites (tertiary alicyclic amines) is 1. The zero-order valence-electron chi connectivity index (χ0n) is 9.88. The summed E-state index contributed by atoms with van der Waals surface area (Å²) in [5, 5.41) is 6.02. The molecule has 1 fully saturated rings. The third kappa shape index (κ3) is 5.74. The van der Waals surface area contributed by atoms with Crippen molar-refractivity contribution in [2.45, 2.75) is 32.7 Å². The molecular formula is C11H23N3O. The molecule has 0 aromatic carbocycles. The maximum absolute atomic E-state index is 11.3. The van der Waals surface area contributed by atoms with Crippen molar-refractivity contribution in [3.05, 3.63) is 0 Å². The van der Waals surface area contributed by atoms with Crippen molar-refractivity contribution in [2.24, 2.45) is 0 Å². The molecule has 0 aliphatic carbocycles. The second-order valence-electron chi connectivity index (χ2n) is 4.45. The van der Waals surface area contributed by atoms with Crippen molar-refractivity contribution < 1.29 is 4.79 Å². The van der Waals surface area contributed by atoms with Crippen molar-refractivity contribution in [1.29, 1.82) is 0 Å². The molecule has 0 aromatic rings. The van der Waals surface area contributed by atoms with Crippen LogP contribution in [0.3, 0.4) is 0 Å². The summed E-state index contributed by atoms with van der Waals surface area (Å²) in [4.78, 5) is 13.7. The predicted octanol–water partition coefficient (Wildman–Crippen LogP) is 0.196. The molecule has 0 saturated carbocycles. The van der Waals surface area contributed by atoms with E-state index in [-0.39, 0.29) is 11.9 Å². The number of hydrogen-bond acceptors (Lipinski definition) is 3. The van der Waals surface area contributed by atoms with Crippen LogP contribution in [-0.4, -0.2) is 49.6 Å². The van der Waals surface area contributed by atoms with Crippen LogP contribution in [0.5, 0.6) is 0 Å². The minimum absolute atomic E-state index is 0.0893. The topological polar surface area (TPSA) is 44.4 Å². The second kappa shape index (κ2) is 6.80. The molecule has 0 spiro atoms. The minimum atomic E-state index is 0.0893. The first-order valence-electron chi connectivity index (χ1n) is 5.91. The molecule has 0 unspecified atom stereocenters. The van der Waals surface area contributed by atoms with Gasteiger partial charge in [-0.25, -0.2) is 0 Å². The summed E-state index contributed by atoms with van der Waals surface area (Å²) >= 11 is 0. The first-order valence-corrected chi connectivity index (χ1v) is 5.91. The molecule has 4 heteroatoms. The molecule has 1 heterocycles. The monoisotopic (exact) mass is 213 g/mol. The molecule has 2 N–H and O–H groups in total. The Morgan fingerprint density at radius 2 is 2.00 bits per heavy atom. The van der Waals surface area contributed by atoms with Gasteiger partial charge in [-0.2, -0.15) is 0 Å². The predicted molar refractivity (Wildman–Crippen MR) is 61.8 cm³/mol. The number of nitrogens with zero attached hydrogens (tertiary/aromatic N) is 1. The average Bonchev–Trinajstić information content (AvgIpc) is 2.63. The zero-order valence-corrected chi connectivity index (χ0v) is 9.88. The van der Waals surface area contributed by atoms with Gasteiger partial charge in [0.2, 0.25) is 5.91 Å². The number of carbonyl (C=O) groups excluding carboxylic acids is 1. The van der Waals surface area contributed by atoms with Crippen LogP contribution in [0.25, 0.3) is 0 Å². The van der Waals surface area contributed by atoms with Crippen molar-refractivity contribution in [3.63, 3.8) is 0 Å². The van der Waals surface area contributed by atoms with Crippen LogP contribution < -0.4 is 10.6 Å². The molecule has 1 aliphatic rings. The Balaban J connectivity index is 1.94. The van der Waals surface area contributed by atoms with E-state index >= 15 is 0 Å². The molecule has 88 valence electrons. The van der Waals surface area contributed by atoms with Gasteiger partial charge in [-0.15, -0.1) is 0 Å².